The minimum absolute atomic E-state index is 0.178. The zero-order chi connectivity index (χ0) is 19.8. The lowest BCUT2D eigenvalue weighted by Crippen LogP contribution is -2.47. The van der Waals surface area contributed by atoms with Crippen molar-refractivity contribution in [1.29, 1.82) is 0 Å². The van der Waals surface area contributed by atoms with Gasteiger partial charge in [0.25, 0.3) is 0 Å². The topological polar surface area (TPSA) is 29.5 Å². The third kappa shape index (κ3) is 3.34. The molecule has 1 aromatic carbocycles. The molecular weight excluding hydrogens is 358 g/mol. The van der Waals surface area contributed by atoms with Gasteiger partial charge in [0.2, 0.25) is 5.91 Å². The van der Waals surface area contributed by atoms with Crippen LogP contribution in [-0.2, 0) is 21.7 Å². The predicted octanol–water partition coefficient (Wildman–Crippen LogP) is 4.98. The van der Waals surface area contributed by atoms with Gasteiger partial charge in [-0.15, -0.1) is 0 Å². The Morgan fingerprint density at radius 1 is 1.10 bits per heavy atom. The number of piperidine rings is 1. The number of amides is 1. The second-order valence-corrected chi connectivity index (χ2v) is 8.56. The first-order chi connectivity index (χ1) is 14.1. The molecule has 0 radical (unpaired) electrons. The number of ether oxygens (including phenoxy) is 1. The van der Waals surface area contributed by atoms with E-state index in [0.717, 1.165) is 44.3 Å². The quantitative estimate of drug-likeness (QED) is 0.682. The molecule has 1 unspecified atom stereocenters. The van der Waals surface area contributed by atoms with Gasteiger partial charge in [-0.25, -0.2) is 0 Å². The van der Waals surface area contributed by atoms with Crippen LogP contribution in [-0.4, -0.2) is 23.9 Å². The molecule has 1 spiro atoms. The normalized spacial score (nSPS) is 25.0. The summed E-state index contributed by atoms with van der Waals surface area (Å²) >= 11 is 0. The third-order valence-corrected chi connectivity index (χ3v) is 6.80. The molecule has 0 N–H and O–H groups in total. The summed E-state index contributed by atoms with van der Waals surface area (Å²) in [5, 5.41) is 0. The summed E-state index contributed by atoms with van der Waals surface area (Å²) in [5.41, 5.74) is 5.91. The molecule has 2 heterocycles. The SMILES string of the molecule is C=C1C=CC=C2C=CC=C(C2)CC1C(=O)N1CCC2(CC1)OCc1ccccc12. The number of rotatable bonds is 1. The zero-order valence-corrected chi connectivity index (χ0v) is 16.8. The minimum Gasteiger partial charge on any atom is -0.365 e. The molecule has 29 heavy (non-hydrogen) atoms. The van der Waals surface area contributed by atoms with Crippen LogP contribution >= 0.6 is 0 Å². The number of benzene rings is 1. The number of fused-ring (bicyclic) bond motifs is 4. The Bertz CT molecular complexity index is 970. The van der Waals surface area contributed by atoms with Crippen molar-refractivity contribution in [2.75, 3.05) is 13.1 Å². The summed E-state index contributed by atoms with van der Waals surface area (Å²) in [4.78, 5) is 15.5. The zero-order valence-electron chi connectivity index (χ0n) is 16.8. The summed E-state index contributed by atoms with van der Waals surface area (Å²) < 4.78 is 6.26. The fourth-order valence-electron chi connectivity index (χ4n) is 5.10. The molecule has 2 bridgehead atoms. The monoisotopic (exact) mass is 385 g/mol. The Morgan fingerprint density at radius 3 is 2.76 bits per heavy atom. The van der Waals surface area contributed by atoms with Gasteiger partial charge in [-0.3, -0.25) is 4.79 Å². The number of likely N-dealkylation sites (tertiary alicyclic amines) is 1. The van der Waals surface area contributed by atoms with E-state index in [1.165, 1.54) is 22.3 Å². The lowest BCUT2D eigenvalue weighted by atomic mass is 9.82. The van der Waals surface area contributed by atoms with Crippen molar-refractivity contribution in [3.05, 3.63) is 95.1 Å². The summed E-state index contributed by atoms with van der Waals surface area (Å²) in [6.07, 6.45) is 16.0. The van der Waals surface area contributed by atoms with Gasteiger partial charge in [0, 0.05) is 13.1 Å². The fraction of sp³-hybridized carbons (Fsp3) is 0.346. The van der Waals surface area contributed by atoms with Gasteiger partial charge in [0.05, 0.1) is 18.1 Å². The van der Waals surface area contributed by atoms with Crippen LogP contribution in [0.4, 0.5) is 0 Å². The molecule has 0 saturated carbocycles. The van der Waals surface area contributed by atoms with Crippen molar-refractivity contribution >= 4 is 5.91 Å². The average molecular weight is 386 g/mol. The van der Waals surface area contributed by atoms with E-state index in [1.807, 2.05) is 17.1 Å². The molecule has 2 aliphatic carbocycles. The lowest BCUT2D eigenvalue weighted by molar-refractivity contribution is -0.141. The molecule has 5 rings (SSSR count). The molecular formula is C26H27NO2. The number of hydrogen-bond donors (Lipinski definition) is 0. The van der Waals surface area contributed by atoms with Gasteiger partial charge < -0.3 is 9.64 Å². The van der Waals surface area contributed by atoms with E-state index in [9.17, 15) is 4.79 Å². The first-order valence-corrected chi connectivity index (χ1v) is 10.6. The van der Waals surface area contributed by atoms with Gasteiger partial charge >= 0.3 is 0 Å². The van der Waals surface area contributed by atoms with E-state index in [2.05, 4.69) is 55.1 Å². The first kappa shape index (κ1) is 18.4. The fourth-order valence-corrected chi connectivity index (χ4v) is 5.10. The number of hydrogen-bond acceptors (Lipinski definition) is 2. The van der Waals surface area contributed by atoms with Crippen LogP contribution in [0.15, 0.2) is 84.0 Å². The molecule has 2 aliphatic heterocycles. The highest BCUT2D eigenvalue weighted by atomic mass is 16.5. The molecule has 3 nitrogen and oxygen atoms in total. The molecule has 0 aromatic heterocycles. The van der Waals surface area contributed by atoms with Crippen LogP contribution in [0.3, 0.4) is 0 Å². The minimum atomic E-state index is -0.210. The average Bonchev–Trinajstić information content (AvgIpc) is 3.12. The van der Waals surface area contributed by atoms with Gasteiger partial charge in [0.1, 0.15) is 0 Å². The van der Waals surface area contributed by atoms with Crippen molar-refractivity contribution in [3.8, 4) is 0 Å². The molecule has 1 amide bonds. The van der Waals surface area contributed by atoms with Crippen molar-refractivity contribution in [1.82, 2.24) is 4.90 Å². The maximum Gasteiger partial charge on any atom is 0.230 e. The van der Waals surface area contributed by atoms with E-state index in [-0.39, 0.29) is 17.4 Å². The Labute approximate surface area is 172 Å². The Hall–Kier alpha value is -2.65. The van der Waals surface area contributed by atoms with Crippen LogP contribution in [0, 0.1) is 5.92 Å². The number of allylic oxidation sites excluding steroid dienone is 8. The highest BCUT2D eigenvalue weighted by molar-refractivity contribution is 5.83. The summed E-state index contributed by atoms with van der Waals surface area (Å²) in [5.74, 6) is 0.0299. The van der Waals surface area contributed by atoms with E-state index in [0.29, 0.717) is 6.61 Å². The van der Waals surface area contributed by atoms with Gasteiger partial charge in [-0.2, -0.15) is 0 Å². The molecule has 1 aromatic rings. The van der Waals surface area contributed by atoms with Crippen LogP contribution in [0.5, 0.6) is 0 Å². The van der Waals surface area contributed by atoms with Crippen LogP contribution in [0.25, 0.3) is 0 Å². The van der Waals surface area contributed by atoms with Crippen molar-refractivity contribution in [2.24, 2.45) is 5.92 Å². The molecule has 3 heteroatoms. The van der Waals surface area contributed by atoms with Crippen molar-refractivity contribution in [3.63, 3.8) is 0 Å². The number of nitrogens with zero attached hydrogens (tertiary/aromatic N) is 1. The Kier molecular flexibility index (Phi) is 4.63. The molecule has 1 atom stereocenters. The second kappa shape index (κ2) is 7.31. The van der Waals surface area contributed by atoms with Gasteiger partial charge in [0.15, 0.2) is 0 Å². The van der Waals surface area contributed by atoms with Crippen molar-refractivity contribution in [2.45, 2.75) is 37.9 Å². The summed E-state index contributed by atoms with van der Waals surface area (Å²) in [7, 11) is 0. The van der Waals surface area contributed by atoms with Crippen LogP contribution in [0.1, 0.15) is 36.8 Å². The molecule has 1 fully saturated rings. The van der Waals surface area contributed by atoms with Crippen LogP contribution in [0.2, 0.25) is 0 Å². The molecule has 4 aliphatic rings. The Balaban J connectivity index is 1.32. The predicted molar refractivity (Wildman–Crippen MR) is 115 cm³/mol. The maximum atomic E-state index is 13.5. The van der Waals surface area contributed by atoms with Gasteiger partial charge in [-0.05, 0) is 48.0 Å². The van der Waals surface area contributed by atoms with Crippen molar-refractivity contribution < 1.29 is 9.53 Å². The van der Waals surface area contributed by atoms with E-state index < -0.39 is 0 Å². The highest BCUT2D eigenvalue weighted by Crippen LogP contribution is 2.44. The van der Waals surface area contributed by atoms with Gasteiger partial charge in [-0.1, -0.05) is 72.9 Å². The summed E-state index contributed by atoms with van der Waals surface area (Å²) in [6, 6.07) is 8.52. The summed E-state index contributed by atoms with van der Waals surface area (Å²) in [6.45, 7) is 6.40. The van der Waals surface area contributed by atoms with E-state index in [4.69, 9.17) is 4.74 Å². The smallest absolute Gasteiger partial charge is 0.230 e. The number of carbonyl (C=O) groups is 1. The maximum absolute atomic E-state index is 13.5. The largest absolute Gasteiger partial charge is 0.365 e. The van der Waals surface area contributed by atoms with Crippen LogP contribution < -0.4 is 0 Å². The molecule has 1 saturated heterocycles. The standard InChI is InChI=1S/C26H27NO2/c1-19-6-4-7-20-8-5-9-21(16-20)17-23(19)25(28)27-14-12-26(13-15-27)24-11-3-2-10-22(24)18-29-26/h2-11,23H,1,12-18H2. The third-order valence-electron chi connectivity index (χ3n) is 6.80. The van der Waals surface area contributed by atoms with E-state index >= 15 is 0 Å². The number of carbonyl (C=O) groups excluding carboxylic acids is 1. The second-order valence-electron chi connectivity index (χ2n) is 8.56. The Morgan fingerprint density at radius 2 is 1.90 bits per heavy atom. The lowest BCUT2D eigenvalue weighted by Gasteiger charge is -2.40. The van der Waals surface area contributed by atoms with E-state index in [1.54, 1.807) is 0 Å². The highest BCUT2D eigenvalue weighted by Gasteiger charge is 2.43. The molecule has 148 valence electrons. The first-order valence-electron chi connectivity index (χ1n) is 10.6.